The van der Waals surface area contributed by atoms with Crippen LogP contribution in [0.4, 0.5) is 0 Å². The second-order valence-corrected chi connectivity index (χ2v) is 8.91. The first kappa shape index (κ1) is 21.4. The number of rotatable bonds is 5. The van der Waals surface area contributed by atoms with Crippen molar-refractivity contribution in [2.75, 3.05) is 13.7 Å². The molecule has 1 heterocycles. The van der Waals surface area contributed by atoms with Crippen LogP contribution in [0.1, 0.15) is 52.7 Å². The van der Waals surface area contributed by atoms with Gasteiger partial charge < -0.3 is 19.3 Å². The van der Waals surface area contributed by atoms with Gasteiger partial charge in [0.2, 0.25) is 0 Å². The monoisotopic (exact) mass is 444 g/mol. The number of phenolic OH excluding ortho intramolecular Hbond substituents is 1. The second-order valence-electron chi connectivity index (χ2n) is 8.91. The Morgan fingerprint density at radius 1 is 1.12 bits per heavy atom. The summed E-state index contributed by atoms with van der Waals surface area (Å²) in [5.74, 6) is 1.65. The number of aromatic hydroxyl groups is 1. The molecule has 0 saturated heterocycles. The molecule has 2 atom stereocenters. The lowest BCUT2D eigenvalue weighted by Crippen LogP contribution is -2.09. The van der Waals surface area contributed by atoms with Crippen molar-refractivity contribution in [3.8, 4) is 28.4 Å². The molecule has 1 aliphatic heterocycles. The van der Waals surface area contributed by atoms with Crippen molar-refractivity contribution in [3.05, 3.63) is 76.3 Å². The molecule has 33 heavy (non-hydrogen) atoms. The molecule has 0 bridgehead atoms. The van der Waals surface area contributed by atoms with Gasteiger partial charge in [-0.15, -0.1) is 0 Å². The zero-order valence-electron chi connectivity index (χ0n) is 19.2. The smallest absolute Gasteiger partial charge is 0.306 e. The minimum atomic E-state index is -0.229. The van der Waals surface area contributed by atoms with Gasteiger partial charge in [-0.2, -0.15) is 0 Å². The Kier molecular flexibility index (Phi) is 5.49. The van der Waals surface area contributed by atoms with Crippen molar-refractivity contribution >= 4 is 5.97 Å². The van der Waals surface area contributed by atoms with Crippen LogP contribution in [-0.2, 0) is 16.0 Å². The van der Waals surface area contributed by atoms with E-state index in [1.54, 1.807) is 6.07 Å². The maximum atomic E-state index is 11.7. The first-order valence-electron chi connectivity index (χ1n) is 11.4. The van der Waals surface area contributed by atoms with Gasteiger partial charge in [0.25, 0.3) is 0 Å². The highest BCUT2D eigenvalue weighted by Gasteiger charge is 2.30. The number of esters is 1. The van der Waals surface area contributed by atoms with E-state index in [-0.39, 0.29) is 18.0 Å². The lowest BCUT2D eigenvalue weighted by molar-refractivity contribution is -0.141. The number of methoxy groups -OCH3 is 1. The third kappa shape index (κ3) is 3.82. The first-order valence-corrected chi connectivity index (χ1v) is 11.4. The van der Waals surface area contributed by atoms with Crippen LogP contribution < -0.4 is 9.47 Å². The highest BCUT2D eigenvalue weighted by Crippen LogP contribution is 2.44. The maximum Gasteiger partial charge on any atom is 0.306 e. The van der Waals surface area contributed by atoms with E-state index in [0.717, 1.165) is 46.6 Å². The van der Waals surface area contributed by atoms with Crippen molar-refractivity contribution in [2.24, 2.45) is 0 Å². The van der Waals surface area contributed by atoms with Crippen LogP contribution in [0.3, 0.4) is 0 Å². The summed E-state index contributed by atoms with van der Waals surface area (Å²) in [6, 6.07) is 16.0. The van der Waals surface area contributed by atoms with Crippen molar-refractivity contribution in [2.45, 2.75) is 45.1 Å². The SMILES string of the molecule is COC(=O)C[C@@H]1COc2cc(O[C@@H]3CCc4c(-c5c(C)ccc(O)c5C)cccc43)ccc21. The number of carbonyl (C=O) groups is 1. The van der Waals surface area contributed by atoms with E-state index in [4.69, 9.17) is 14.2 Å². The van der Waals surface area contributed by atoms with E-state index < -0.39 is 0 Å². The molecular weight excluding hydrogens is 416 g/mol. The molecule has 0 radical (unpaired) electrons. The van der Waals surface area contributed by atoms with Gasteiger partial charge in [0.1, 0.15) is 23.4 Å². The number of carbonyl (C=O) groups excluding carboxylic acids is 1. The molecule has 2 aliphatic rings. The normalized spacial score (nSPS) is 18.4. The van der Waals surface area contributed by atoms with Crippen molar-refractivity contribution in [1.29, 1.82) is 0 Å². The molecule has 0 spiro atoms. The fourth-order valence-corrected chi connectivity index (χ4v) is 5.17. The molecule has 1 N–H and O–H groups in total. The third-order valence-electron chi connectivity index (χ3n) is 6.91. The summed E-state index contributed by atoms with van der Waals surface area (Å²) in [6.45, 7) is 4.53. The fourth-order valence-electron chi connectivity index (χ4n) is 5.17. The Labute approximate surface area is 193 Å². The van der Waals surface area contributed by atoms with Crippen molar-refractivity contribution < 1.29 is 24.1 Å². The average Bonchev–Trinajstić information content (AvgIpc) is 3.41. The molecule has 5 heteroatoms. The summed E-state index contributed by atoms with van der Waals surface area (Å²) < 4.78 is 17.1. The highest BCUT2D eigenvalue weighted by molar-refractivity contribution is 5.77. The van der Waals surface area contributed by atoms with Crippen LogP contribution in [0.15, 0.2) is 48.5 Å². The van der Waals surface area contributed by atoms with E-state index >= 15 is 0 Å². The molecule has 0 unspecified atom stereocenters. The van der Waals surface area contributed by atoms with E-state index in [0.29, 0.717) is 18.8 Å². The standard InChI is InChI=1S/C28H28O5/c1-16-7-11-24(29)17(2)28(16)23-6-4-5-22-21(23)10-12-25(22)33-19-8-9-20-18(13-27(30)31-3)15-32-26(20)14-19/h4-9,11,14,18,25,29H,10,12-13,15H2,1-3H3/t18-,25-/m1/s1. The predicted molar refractivity (Wildman–Crippen MR) is 126 cm³/mol. The van der Waals surface area contributed by atoms with Crippen LogP contribution in [0, 0.1) is 13.8 Å². The van der Waals surface area contributed by atoms with Gasteiger partial charge in [0.15, 0.2) is 0 Å². The molecule has 170 valence electrons. The van der Waals surface area contributed by atoms with E-state index in [1.807, 2.05) is 31.2 Å². The van der Waals surface area contributed by atoms with Crippen LogP contribution in [0.25, 0.3) is 11.1 Å². The molecule has 5 rings (SSSR count). The molecule has 5 nitrogen and oxygen atoms in total. The largest absolute Gasteiger partial charge is 0.508 e. The van der Waals surface area contributed by atoms with Gasteiger partial charge in [0, 0.05) is 17.5 Å². The molecule has 0 fully saturated rings. The maximum absolute atomic E-state index is 11.7. The lowest BCUT2D eigenvalue weighted by atomic mass is 9.90. The lowest BCUT2D eigenvalue weighted by Gasteiger charge is -2.18. The molecule has 3 aromatic rings. The summed E-state index contributed by atoms with van der Waals surface area (Å²) in [6.07, 6.45) is 2.10. The van der Waals surface area contributed by atoms with Gasteiger partial charge in [-0.1, -0.05) is 30.3 Å². The Balaban J connectivity index is 1.41. The van der Waals surface area contributed by atoms with Crippen LogP contribution in [0.5, 0.6) is 17.2 Å². The predicted octanol–water partition coefficient (Wildman–Crippen LogP) is 5.78. The summed E-state index contributed by atoms with van der Waals surface area (Å²) >= 11 is 0. The summed E-state index contributed by atoms with van der Waals surface area (Å²) in [5, 5.41) is 10.3. The van der Waals surface area contributed by atoms with Crippen LogP contribution in [0.2, 0.25) is 0 Å². The van der Waals surface area contributed by atoms with E-state index in [2.05, 4.69) is 25.1 Å². The Bertz CT molecular complexity index is 1230. The summed E-state index contributed by atoms with van der Waals surface area (Å²) in [7, 11) is 1.41. The Morgan fingerprint density at radius 3 is 2.79 bits per heavy atom. The summed E-state index contributed by atoms with van der Waals surface area (Å²) in [5.41, 5.74) is 7.85. The van der Waals surface area contributed by atoms with Gasteiger partial charge in [-0.3, -0.25) is 4.79 Å². The molecule has 0 amide bonds. The average molecular weight is 445 g/mol. The fraction of sp³-hybridized carbons (Fsp3) is 0.321. The zero-order valence-corrected chi connectivity index (χ0v) is 19.2. The number of aryl methyl sites for hydroxylation is 1. The molecule has 0 saturated carbocycles. The van der Waals surface area contributed by atoms with Gasteiger partial charge in [-0.05, 0) is 72.2 Å². The third-order valence-corrected chi connectivity index (χ3v) is 6.91. The van der Waals surface area contributed by atoms with Gasteiger partial charge in [-0.25, -0.2) is 0 Å². The van der Waals surface area contributed by atoms with E-state index in [9.17, 15) is 9.90 Å². The Hall–Kier alpha value is -3.47. The van der Waals surface area contributed by atoms with Crippen molar-refractivity contribution in [1.82, 2.24) is 0 Å². The molecule has 0 aromatic heterocycles. The Morgan fingerprint density at radius 2 is 1.97 bits per heavy atom. The zero-order chi connectivity index (χ0) is 23.1. The number of hydrogen-bond donors (Lipinski definition) is 1. The highest BCUT2D eigenvalue weighted by atomic mass is 16.5. The van der Waals surface area contributed by atoms with E-state index in [1.165, 1.54) is 23.8 Å². The number of hydrogen-bond acceptors (Lipinski definition) is 5. The van der Waals surface area contributed by atoms with Gasteiger partial charge >= 0.3 is 5.97 Å². The first-order chi connectivity index (χ1) is 16.0. The summed E-state index contributed by atoms with van der Waals surface area (Å²) in [4.78, 5) is 11.7. The van der Waals surface area contributed by atoms with Crippen molar-refractivity contribution in [3.63, 3.8) is 0 Å². The molecule has 1 aliphatic carbocycles. The minimum absolute atomic E-state index is 0.0185. The van der Waals surface area contributed by atoms with Crippen LogP contribution >= 0.6 is 0 Å². The molecular formula is C28H28O5. The van der Waals surface area contributed by atoms with Crippen LogP contribution in [-0.4, -0.2) is 24.8 Å². The minimum Gasteiger partial charge on any atom is -0.508 e. The quantitative estimate of drug-likeness (QED) is 0.505. The number of fused-ring (bicyclic) bond motifs is 2. The van der Waals surface area contributed by atoms with Gasteiger partial charge in [0.05, 0.1) is 20.1 Å². The topological polar surface area (TPSA) is 65.0 Å². The number of benzene rings is 3. The number of ether oxygens (including phenoxy) is 3. The molecule has 3 aromatic carbocycles. The second kappa shape index (κ2) is 8.47. The number of phenols is 1.